The molecule has 0 aliphatic heterocycles. The normalized spacial score (nSPS) is 11.9. The van der Waals surface area contributed by atoms with Crippen molar-refractivity contribution in [1.29, 1.82) is 0 Å². The summed E-state index contributed by atoms with van der Waals surface area (Å²) in [5, 5.41) is 14.6. The highest BCUT2D eigenvalue weighted by atomic mass is 35.5. The molecule has 3 aromatic carbocycles. The van der Waals surface area contributed by atoms with Crippen molar-refractivity contribution >= 4 is 56.4 Å². The van der Waals surface area contributed by atoms with Gasteiger partial charge in [-0.3, -0.25) is 24.0 Å². The SMILES string of the molecule is CC[C@@H](C(=O)NC)N(Cc1ccc(Cl)cc1Cl)C(=O)CN(c1cccc([N+](=O)[O-])c1)S(=O)(=O)c1ccccc1. The Balaban J connectivity index is 2.11. The lowest BCUT2D eigenvalue weighted by molar-refractivity contribution is -0.384. The van der Waals surface area contributed by atoms with Crippen molar-refractivity contribution in [2.45, 2.75) is 30.8 Å². The molecule has 0 radical (unpaired) electrons. The summed E-state index contributed by atoms with van der Waals surface area (Å²) in [5.41, 5.74) is 0.0539. The molecule has 3 aromatic rings. The number of likely N-dealkylation sites (N-methyl/N-ethyl adjacent to an activating group) is 1. The largest absolute Gasteiger partial charge is 0.357 e. The molecule has 0 saturated heterocycles. The summed E-state index contributed by atoms with van der Waals surface area (Å²) in [6.07, 6.45) is 0.221. The fourth-order valence-corrected chi connectivity index (χ4v) is 5.82. The molecule has 0 unspecified atom stereocenters. The second-order valence-electron chi connectivity index (χ2n) is 8.40. The molecular formula is C26H26Cl2N4O6S. The van der Waals surface area contributed by atoms with Crippen molar-refractivity contribution in [3.8, 4) is 0 Å². The average Bonchev–Trinajstić information content (AvgIpc) is 2.92. The molecule has 39 heavy (non-hydrogen) atoms. The van der Waals surface area contributed by atoms with Crippen molar-refractivity contribution in [3.05, 3.63) is 98.5 Å². The number of anilines is 1. The van der Waals surface area contributed by atoms with E-state index in [0.717, 1.165) is 10.4 Å². The van der Waals surface area contributed by atoms with Gasteiger partial charge in [-0.25, -0.2) is 8.42 Å². The van der Waals surface area contributed by atoms with Gasteiger partial charge in [0.2, 0.25) is 11.8 Å². The summed E-state index contributed by atoms with van der Waals surface area (Å²) >= 11 is 12.4. The third-order valence-electron chi connectivity index (χ3n) is 5.93. The smallest absolute Gasteiger partial charge is 0.271 e. The molecule has 0 spiro atoms. The lowest BCUT2D eigenvalue weighted by Gasteiger charge is -2.33. The lowest BCUT2D eigenvalue weighted by atomic mass is 10.1. The van der Waals surface area contributed by atoms with Crippen LogP contribution in [0.4, 0.5) is 11.4 Å². The van der Waals surface area contributed by atoms with Gasteiger partial charge in [0.1, 0.15) is 12.6 Å². The molecule has 0 aromatic heterocycles. The summed E-state index contributed by atoms with van der Waals surface area (Å²) in [5.74, 6) is -1.17. The van der Waals surface area contributed by atoms with Crippen LogP contribution in [0, 0.1) is 10.1 Å². The first-order chi connectivity index (χ1) is 18.5. The molecule has 0 aliphatic rings. The third kappa shape index (κ3) is 7.05. The maximum Gasteiger partial charge on any atom is 0.271 e. The number of benzene rings is 3. The Kier molecular flexibility index (Phi) is 9.90. The number of non-ortho nitro benzene ring substituents is 1. The van der Waals surface area contributed by atoms with Crippen molar-refractivity contribution in [2.24, 2.45) is 0 Å². The molecular weight excluding hydrogens is 567 g/mol. The van der Waals surface area contributed by atoms with Crippen LogP contribution in [-0.2, 0) is 26.2 Å². The predicted molar refractivity (Wildman–Crippen MR) is 149 cm³/mol. The minimum absolute atomic E-state index is 0.0844. The zero-order valence-corrected chi connectivity index (χ0v) is 23.4. The van der Waals surface area contributed by atoms with Crippen molar-refractivity contribution in [3.63, 3.8) is 0 Å². The highest BCUT2D eigenvalue weighted by Gasteiger charge is 2.34. The topological polar surface area (TPSA) is 130 Å². The lowest BCUT2D eigenvalue weighted by Crippen LogP contribution is -2.51. The predicted octanol–water partition coefficient (Wildman–Crippen LogP) is 4.65. The zero-order valence-electron chi connectivity index (χ0n) is 21.1. The molecule has 1 N–H and O–H groups in total. The van der Waals surface area contributed by atoms with Crippen LogP contribution in [0.5, 0.6) is 0 Å². The Bertz CT molecular complexity index is 1470. The minimum Gasteiger partial charge on any atom is -0.357 e. The monoisotopic (exact) mass is 592 g/mol. The molecule has 3 rings (SSSR count). The van der Waals surface area contributed by atoms with Crippen molar-refractivity contribution < 1.29 is 22.9 Å². The number of halogens is 2. The van der Waals surface area contributed by atoms with Crippen LogP contribution in [0.3, 0.4) is 0 Å². The highest BCUT2D eigenvalue weighted by Crippen LogP contribution is 2.28. The van der Waals surface area contributed by atoms with Crippen LogP contribution >= 0.6 is 23.2 Å². The second-order valence-corrected chi connectivity index (χ2v) is 11.1. The molecule has 2 amide bonds. The number of hydrogen-bond acceptors (Lipinski definition) is 6. The third-order valence-corrected chi connectivity index (χ3v) is 8.30. The maximum atomic E-state index is 13.9. The summed E-state index contributed by atoms with van der Waals surface area (Å²) < 4.78 is 28.2. The molecule has 13 heteroatoms. The van der Waals surface area contributed by atoms with E-state index in [1.54, 1.807) is 25.1 Å². The van der Waals surface area contributed by atoms with Gasteiger partial charge in [0, 0.05) is 35.8 Å². The van der Waals surface area contributed by atoms with Gasteiger partial charge in [0.15, 0.2) is 0 Å². The van der Waals surface area contributed by atoms with Gasteiger partial charge in [-0.2, -0.15) is 0 Å². The molecule has 0 aliphatic carbocycles. The zero-order chi connectivity index (χ0) is 28.7. The summed E-state index contributed by atoms with van der Waals surface area (Å²) in [4.78, 5) is 38.5. The summed E-state index contributed by atoms with van der Waals surface area (Å²) in [7, 11) is -2.92. The van der Waals surface area contributed by atoms with Gasteiger partial charge in [0.05, 0.1) is 15.5 Å². The maximum absolute atomic E-state index is 13.9. The first-order valence-corrected chi connectivity index (χ1v) is 14.0. The molecule has 1 atom stereocenters. The number of nitrogens with zero attached hydrogens (tertiary/aromatic N) is 3. The Hall–Kier alpha value is -3.67. The van der Waals surface area contributed by atoms with E-state index >= 15 is 0 Å². The van der Waals surface area contributed by atoms with Crippen molar-refractivity contribution in [2.75, 3.05) is 17.9 Å². The molecule has 206 valence electrons. The van der Waals surface area contributed by atoms with E-state index in [9.17, 15) is 28.1 Å². The van der Waals surface area contributed by atoms with Crippen LogP contribution in [0.1, 0.15) is 18.9 Å². The second kappa shape index (κ2) is 12.9. The molecule has 10 nitrogen and oxygen atoms in total. The number of amides is 2. The van der Waals surface area contributed by atoms with Gasteiger partial charge in [0.25, 0.3) is 15.7 Å². The standard InChI is InChI=1S/C26H26Cl2N4O6S/c1-3-24(26(34)29-2)30(16-18-12-13-19(27)14-23(18)28)25(33)17-31(20-8-7-9-21(15-20)32(35)36)39(37,38)22-10-5-4-6-11-22/h4-15,24H,3,16-17H2,1-2H3,(H,29,34)/t24-/m0/s1. The van der Waals surface area contributed by atoms with E-state index in [2.05, 4.69) is 5.32 Å². The fourth-order valence-electron chi connectivity index (χ4n) is 3.93. The first-order valence-electron chi connectivity index (χ1n) is 11.8. The minimum atomic E-state index is -4.35. The number of hydrogen-bond donors (Lipinski definition) is 1. The van der Waals surface area contributed by atoms with E-state index in [1.165, 1.54) is 60.5 Å². The Morgan fingerprint density at radius 2 is 1.72 bits per heavy atom. The van der Waals surface area contributed by atoms with Crippen molar-refractivity contribution in [1.82, 2.24) is 10.2 Å². The number of nitro benzene ring substituents is 1. The molecule has 0 heterocycles. The number of rotatable bonds is 11. The van der Waals surface area contributed by atoms with Gasteiger partial charge in [-0.05, 0) is 42.3 Å². The molecule has 0 fully saturated rings. The number of nitrogens with one attached hydrogen (secondary N) is 1. The Morgan fingerprint density at radius 1 is 1.03 bits per heavy atom. The van der Waals surface area contributed by atoms with E-state index in [-0.39, 0.29) is 34.3 Å². The van der Waals surface area contributed by atoms with Crippen LogP contribution in [0.25, 0.3) is 0 Å². The van der Waals surface area contributed by atoms with Gasteiger partial charge in [-0.15, -0.1) is 0 Å². The number of nitro groups is 1. The molecule has 0 bridgehead atoms. The van der Waals surface area contributed by atoms with Crippen LogP contribution < -0.4 is 9.62 Å². The van der Waals surface area contributed by atoms with E-state index < -0.39 is 39.3 Å². The van der Waals surface area contributed by atoms with Crippen LogP contribution in [0.15, 0.2) is 77.7 Å². The van der Waals surface area contributed by atoms with Gasteiger partial charge < -0.3 is 10.2 Å². The van der Waals surface area contributed by atoms with E-state index in [4.69, 9.17) is 23.2 Å². The fraction of sp³-hybridized carbons (Fsp3) is 0.231. The number of carbonyl (C=O) groups is 2. The summed E-state index contributed by atoms with van der Waals surface area (Å²) in [6.45, 7) is 0.856. The highest BCUT2D eigenvalue weighted by molar-refractivity contribution is 7.92. The van der Waals surface area contributed by atoms with Gasteiger partial charge in [-0.1, -0.05) is 60.5 Å². The average molecular weight is 593 g/mol. The van der Waals surface area contributed by atoms with Crippen LogP contribution in [-0.4, -0.2) is 49.7 Å². The number of sulfonamides is 1. The Labute approximate surface area is 236 Å². The van der Waals surface area contributed by atoms with Gasteiger partial charge >= 0.3 is 0 Å². The molecule has 0 saturated carbocycles. The van der Waals surface area contributed by atoms with E-state index in [0.29, 0.717) is 10.6 Å². The van der Waals surface area contributed by atoms with Crippen LogP contribution in [0.2, 0.25) is 10.0 Å². The first kappa shape index (κ1) is 29.9. The van der Waals surface area contributed by atoms with E-state index in [1.807, 2.05) is 0 Å². The number of carbonyl (C=O) groups excluding carboxylic acids is 2. The summed E-state index contributed by atoms with van der Waals surface area (Å²) in [6, 6.07) is 16.1. The quantitative estimate of drug-likeness (QED) is 0.255. The Morgan fingerprint density at radius 3 is 2.31 bits per heavy atom.